The van der Waals surface area contributed by atoms with Crippen molar-refractivity contribution in [1.29, 1.82) is 0 Å². The van der Waals surface area contributed by atoms with Gasteiger partial charge in [-0.3, -0.25) is 4.99 Å². The number of likely N-dealkylation sites (N-methyl/N-ethyl adjacent to an activating group) is 1. The number of ether oxygens (including phenoxy) is 1. The second-order valence-electron chi connectivity index (χ2n) is 5.55. The molecule has 1 aromatic carbocycles. The molecule has 0 fully saturated rings. The van der Waals surface area contributed by atoms with Gasteiger partial charge in [0.05, 0.1) is 6.61 Å². The zero-order valence-corrected chi connectivity index (χ0v) is 15.1. The number of hydrogen-bond acceptors (Lipinski definition) is 3. The molecule has 1 rings (SSSR count). The summed E-state index contributed by atoms with van der Waals surface area (Å²) < 4.78 is 5.65. The summed E-state index contributed by atoms with van der Waals surface area (Å²) in [6.45, 7) is 8.63. The van der Waals surface area contributed by atoms with E-state index < -0.39 is 0 Å². The molecule has 0 aliphatic rings. The zero-order valence-electron chi connectivity index (χ0n) is 15.1. The predicted octanol–water partition coefficient (Wildman–Crippen LogP) is 2.48. The van der Waals surface area contributed by atoms with E-state index >= 15 is 0 Å². The molecule has 130 valence electrons. The Bertz CT molecular complexity index is 462. The lowest BCUT2D eigenvalue weighted by atomic mass is 10.2. The van der Waals surface area contributed by atoms with Crippen molar-refractivity contribution in [1.82, 2.24) is 15.5 Å². The minimum Gasteiger partial charge on any atom is -0.494 e. The summed E-state index contributed by atoms with van der Waals surface area (Å²) in [7, 11) is 3.95. The number of nitrogens with one attached hydrogen (secondary N) is 2. The van der Waals surface area contributed by atoms with Crippen LogP contribution in [0, 0.1) is 0 Å². The molecule has 5 heteroatoms. The smallest absolute Gasteiger partial charge is 0.191 e. The summed E-state index contributed by atoms with van der Waals surface area (Å²) >= 11 is 0. The number of benzene rings is 1. The largest absolute Gasteiger partial charge is 0.494 e. The Morgan fingerprint density at radius 3 is 2.65 bits per heavy atom. The molecule has 2 N–H and O–H groups in total. The van der Waals surface area contributed by atoms with Crippen LogP contribution in [0.15, 0.2) is 29.3 Å². The highest BCUT2D eigenvalue weighted by Crippen LogP contribution is 2.17. The van der Waals surface area contributed by atoms with Crippen molar-refractivity contribution in [3.63, 3.8) is 0 Å². The maximum Gasteiger partial charge on any atom is 0.191 e. The summed E-state index contributed by atoms with van der Waals surface area (Å²) in [6, 6.07) is 8.09. The molecule has 0 aliphatic heterocycles. The van der Waals surface area contributed by atoms with Crippen molar-refractivity contribution in [2.24, 2.45) is 4.99 Å². The average molecular weight is 320 g/mol. The quantitative estimate of drug-likeness (QED) is 0.514. The van der Waals surface area contributed by atoms with Crippen molar-refractivity contribution in [3.05, 3.63) is 29.8 Å². The second kappa shape index (κ2) is 11.8. The van der Waals surface area contributed by atoms with Gasteiger partial charge in [-0.25, -0.2) is 0 Å². The predicted molar refractivity (Wildman–Crippen MR) is 98.2 cm³/mol. The molecule has 0 spiro atoms. The Balaban J connectivity index is 2.37. The number of hydrogen-bond donors (Lipinski definition) is 2. The van der Waals surface area contributed by atoms with Gasteiger partial charge in [0.2, 0.25) is 0 Å². The molecule has 1 aromatic rings. The topological polar surface area (TPSA) is 48.9 Å². The minimum atomic E-state index is 0.675. The van der Waals surface area contributed by atoms with Crippen molar-refractivity contribution < 1.29 is 4.74 Å². The number of unbranched alkanes of at least 4 members (excludes halogenated alkanes) is 1. The molecule has 0 saturated heterocycles. The minimum absolute atomic E-state index is 0.675. The first-order valence-corrected chi connectivity index (χ1v) is 8.55. The molecule has 0 radical (unpaired) electrons. The highest BCUT2D eigenvalue weighted by molar-refractivity contribution is 5.79. The van der Waals surface area contributed by atoms with Gasteiger partial charge in [-0.1, -0.05) is 31.5 Å². The maximum atomic E-state index is 5.65. The highest BCUT2D eigenvalue weighted by atomic mass is 16.5. The molecular weight excluding hydrogens is 288 g/mol. The van der Waals surface area contributed by atoms with E-state index in [2.05, 4.69) is 40.6 Å². The number of para-hydroxylation sites is 1. The van der Waals surface area contributed by atoms with E-state index in [1.165, 1.54) is 12.8 Å². The SMILES string of the molecule is CCCCN(C)CCNC(=NC)NCc1ccccc1OCC. The molecule has 0 atom stereocenters. The van der Waals surface area contributed by atoms with Gasteiger partial charge in [0.25, 0.3) is 0 Å². The van der Waals surface area contributed by atoms with Crippen molar-refractivity contribution in [3.8, 4) is 5.75 Å². The fraction of sp³-hybridized carbons (Fsp3) is 0.611. The summed E-state index contributed by atoms with van der Waals surface area (Å²) in [4.78, 5) is 6.61. The molecule has 0 bridgehead atoms. The van der Waals surface area contributed by atoms with Gasteiger partial charge in [-0.05, 0) is 33.0 Å². The van der Waals surface area contributed by atoms with Crippen LogP contribution in [-0.2, 0) is 6.54 Å². The van der Waals surface area contributed by atoms with Crippen molar-refractivity contribution in [2.75, 3.05) is 40.3 Å². The van der Waals surface area contributed by atoms with Crippen LogP contribution in [0.25, 0.3) is 0 Å². The first-order chi connectivity index (χ1) is 11.2. The molecule has 0 amide bonds. The third-order valence-corrected chi connectivity index (χ3v) is 3.62. The standard InChI is InChI=1S/C18H32N4O/c1-5-7-13-22(4)14-12-20-18(19-3)21-15-16-10-8-9-11-17(16)23-6-2/h8-11H,5-7,12-15H2,1-4H3,(H2,19,20,21). The van der Waals surface area contributed by atoms with Crippen LogP contribution in [-0.4, -0.2) is 51.2 Å². The van der Waals surface area contributed by atoms with Gasteiger partial charge in [-0.2, -0.15) is 0 Å². The van der Waals surface area contributed by atoms with E-state index in [0.717, 1.165) is 36.9 Å². The summed E-state index contributed by atoms with van der Waals surface area (Å²) in [6.07, 6.45) is 2.48. The molecule has 0 aromatic heterocycles. The van der Waals surface area contributed by atoms with Gasteiger partial charge in [0.15, 0.2) is 5.96 Å². The Hall–Kier alpha value is -1.75. The lowest BCUT2D eigenvalue weighted by Crippen LogP contribution is -2.40. The number of rotatable bonds is 10. The molecule has 23 heavy (non-hydrogen) atoms. The molecule has 0 saturated carbocycles. The van der Waals surface area contributed by atoms with E-state index in [-0.39, 0.29) is 0 Å². The van der Waals surface area contributed by atoms with E-state index in [1.807, 2.05) is 25.1 Å². The maximum absolute atomic E-state index is 5.65. The van der Waals surface area contributed by atoms with Crippen molar-refractivity contribution >= 4 is 5.96 Å². The van der Waals surface area contributed by atoms with Crippen LogP contribution < -0.4 is 15.4 Å². The van der Waals surface area contributed by atoms with E-state index in [1.54, 1.807) is 7.05 Å². The number of nitrogens with zero attached hydrogens (tertiary/aromatic N) is 2. The van der Waals surface area contributed by atoms with Crippen LogP contribution in [0.1, 0.15) is 32.3 Å². The molecule has 0 unspecified atom stereocenters. The van der Waals surface area contributed by atoms with Gasteiger partial charge in [0, 0.05) is 32.2 Å². The third-order valence-electron chi connectivity index (χ3n) is 3.62. The van der Waals surface area contributed by atoms with Crippen LogP contribution in [0.4, 0.5) is 0 Å². The van der Waals surface area contributed by atoms with Crippen LogP contribution >= 0.6 is 0 Å². The van der Waals surface area contributed by atoms with E-state index in [0.29, 0.717) is 13.2 Å². The third kappa shape index (κ3) is 7.88. The fourth-order valence-electron chi connectivity index (χ4n) is 2.25. The van der Waals surface area contributed by atoms with Gasteiger partial charge in [-0.15, -0.1) is 0 Å². The molecule has 0 heterocycles. The zero-order chi connectivity index (χ0) is 16.9. The Morgan fingerprint density at radius 1 is 1.17 bits per heavy atom. The number of guanidine groups is 1. The second-order valence-corrected chi connectivity index (χ2v) is 5.55. The van der Waals surface area contributed by atoms with E-state index in [9.17, 15) is 0 Å². The average Bonchev–Trinajstić information content (AvgIpc) is 2.57. The molecular formula is C18H32N4O. The van der Waals surface area contributed by atoms with Crippen molar-refractivity contribution in [2.45, 2.75) is 33.2 Å². The highest BCUT2D eigenvalue weighted by Gasteiger charge is 2.04. The van der Waals surface area contributed by atoms with Gasteiger partial charge < -0.3 is 20.3 Å². The Morgan fingerprint density at radius 2 is 1.96 bits per heavy atom. The molecule has 5 nitrogen and oxygen atoms in total. The summed E-state index contributed by atoms with van der Waals surface area (Å²) in [5.41, 5.74) is 1.14. The molecule has 0 aliphatic carbocycles. The normalized spacial score (nSPS) is 11.6. The lowest BCUT2D eigenvalue weighted by molar-refractivity contribution is 0.332. The monoisotopic (exact) mass is 320 g/mol. The van der Waals surface area contributed by atoms with E-state index in [4.69, 9.17) is 4.74 Å². The first kappa shape index (κ1) is 19.3. The van der Waals surface area contributed by atoms with Crippen LogP contribution in [0.3, 0.4) is 0 Å². The Kier molecular flexibility index (Phi) is 9.87. The summed E-state index contributed by atoms with van der Waals surface area (Å²) in [5.74, 6) is 1.75. The Labute approximate surface area is 141 Å². The first-order valence-electron chi connectivity index (χ1n) is 8.55. The van der Waals surface area contributed by atoms with Crippen LogP contribution in [0.2, 0.25) is 0 Å². The fourth-order valence-corrected chi connectivity index (χ4v) is 2.25. The number of aliphatic imine (C=N–C) groups is 1. The summed E-state index contributed by atoms with van der Waals surface area (Å²) in [5, 5.41) is 6.70. The lowest BCUT2D eigenvalue weighted by Gasteiger charge is -2.18. The van der Waals surface area contributed by atoms with Gasteiger partial charge in [0.1, 0.15) is 5.75 Å². The van der Waals surface area contributed by atoms with Gasteiger partial charge >= 0.3 is 0 Å². The van der Waals surface area contributed by atoms with Crippen LogP contribution in [0.5, 0.6) is 5.75 Å².